The summed E-state index contributed by atoms with van der Waals surface area (Å²) in [5, 5.41) is 11.0. The predicted molar refractivity (Wildman–Crippen MR) is 128 cm³/mol. The van der Waals surface area contributed by atoms with Gasteiger partial charge in [0.15, 0.2) is 5.96 Å². The van der Waals surface area contributed by atoms with Gasteiger partial charge in [-0.1, -0.05) is 42.5 Å². The van der Waals surface area contributed by atoms with E-state index >= 15 is 0 Å². The van der Waals surface area contributed by atoms with Crippen LogP contribution < -0.4 is 15.4 Å². The van der Waals surface area contributed by atoms with Crippen molar-refractivity contribution in [2.24, 2.45) is 4.99 Å². The van der Waals surface area contributed by atoms with Crippen LogP contribution in [-0.2, 0) is 13.1 Å². The van der Waals surface area contributed by atoms with Crippen molar-refractivity contribution in [3.8, 4) is 5.75 Å². The Bertz CT molecular complexity index is 868. The monoisotopic (exact) mass is 505 g/mol. The first-order valence-electron chi connectivity index (χ1n) is 9.45. The summed E-state index contributed by atoms with van der Waals surface area (Å²) in [6, 6.07) is 20.1. The molecule has 0 fully saturated rings. The van der Waals surface area contributed by atoms with Crippen molar-refractivity contribution >= 4 is 29.9 Å². The fourth-order valence-electron chi connectivity index (χ4n) is 2.87. The number of halogens is 1. The van der Waals surface area contributed by atoms with Crippen LogP contribution in [0, 0.1) is 0 Å². The zero-order valence-corrected chi connectivity index (χ0v) is 19.1. The first kappa shape index (κ1) is 22.7. The molecule has 2 aromatic carbocycles. The van der Waals surface area contributed by atoms with E-state index in [4.69, 9.17) is 4.74 Å². The zero-order valence-electron chi connectivity index (χ0n) is 16.8. The van der Waals surface area contributed by atoms with Crippen molar-refractivity contribution in [1.29, 1.82) is 0 Å². The number of ether oxygens (including phenoxy) is 1. The van der Waals surface area contributed by atoms with Gasteiger partial charge in [0, 0.05) is 26.0 Å². The maximum atomic E-state index is 5.89. The average molecular weight is 505 g/mol. The average Bonchev–Trinajstić information content (AvgIpc) is 3.23. The molecule has 3 aromatic rings. The van der Waals surface area contributed by atoms with Crippen LogP contribution >= 0.6 is 24.0 Å². The summed E-state index contributed by atoms with van der Waals surface area (Å²) in [7, 11) is 1.77. The van der Waals surface area contributed by atoms with Gasteiger partial charge < -0.3 is 15.4 Å². The summed E-state index contributed by atoms with van der Waals surface area (Å²) in [6.45, 7) is 4.13. The summed E-state index contributed by atoms with van der Waals surface area (Å²) >= 11 is 0. The van der Waals surface area contributed by atoms with E-state index in [-0.39, 0.29) is 30.1 Å². The van der Waals surface area contributed by atoms with E-state index < -0.39 is 0 Å². The Morgan fingerprint density at radius 2 is 1.76 bits per heavy atom. The van der Waals surface area contributed by atoms with E-state index in [1.807, 2.05) is 54.2 Å². The fraction of sp³-hybridized carbons (Fsp3) is 0.273. The molecule has 0 bridgehead atoms. The third-order valence-electron chi connectivity index (χ3n) is 4.32. The first-order valence-corrected chi connectivity index (χ1v) is 9.45. The van der Waals surface area contributed by atoms with Crippen molar-refractivity contribution in [3.63, 3.8) is 0 Å². The highest BCUT2D eigenvalue weighted by atomic mass is 127. The molecule has 1 unspecified atom stereocenters. The van der Waals surface area contributed by atoms with Crippen LogP contribution in [-0.4, -0.2) is 35.4 Å². The molecule has 7 heteroatoms. The molecule has 0 spiro atoms. The number of rotatable bonds is 8. The minimum absolute atomic E-state index is 0. The largest absolute Gasteiger partial charge is 0.489 e. The first-order chi connectivity index (χ1) is 13.7. The lowest BCUT2D eigenvalue weighted by atomic mass is 10.1. The number of para-hydroxylation sites is 1. The molecule has 1 aromatic heterocycles. The molecule has 0 aliphatic heterocycles. The zero-order chi connectivity index (χ0) is 19.6. The number of nitrogens with one attached hydrogen (secondary N) is 2. The SMILES string of the molecule is CN=C(NCc1ccccc1Cn1cccn1)NCC(C)Oc1ccccc1.I. The molecule has 2 N–H and O–H groups in total. The number of benzene rings is 2. The van der Waals surface area contributed by atoms with Gasteiger partial charge in [-0.15, -0.1) is 24.0 Å². The molecule has 0 saturated heterocycles. The van der Waals surface area contributed by atoms with Crippen LogP contribution in [0.2, 0.25) is 0 Å². The number of hydrogen-bond donors (Lipinski definition) is 2. The van der Waals surface area contributed by atoms with Crippen molar-refractivity contribution in [2.75, 3.05) is 13.6 Å². The molecular formula is C22H28IN5O. The van der Waals surface area contributed by atoms with Crippen molar-refractivity contribution in [1.82, 2.24) is 20.4 Å². The number of aromatic nitrogens is 2. The van der Waals surface area contributed by atoms with Crippen LogP contribution in [0.25, 0.3) is 0 Å². The Balaban J connectivity index is 0.00000300. The number of aliphatic imine (C=N–C) groups is 1. The van der Waals surface area contributed by atoms with Crippen molar-refractivity contribution in [2.45, 2.75) is 26.1 Å². The van der Waals surface area contributed by atoms with Crippen LogP contribution in [0.1, 0.15) is 18.1 Å². The second-order valence-corrected chi connectivity index (χ2v) is 6.52. The third-order valence-corrected chi connectivity index (χ3v) is 4.32. The van der Waals surface area contributed by atoms with Gasteiger partial charge in [0.05, 0.1) is 13.1 Å². The number of guanidine groups is 1. The van der Waals surface area contributed by atoms with E-state index in [9.17, 15) is 0 Å². The lowest BCUT2D eigenvalue weighted by Gasteiger charge is -2.18. The lowest BCUT2D eigenvalue weighted by molar-refractivity contribution is 0.224. The molecule has 0 aliphatic carbocycles. The van der Waals surface area contributed by atoms with Crippen LogP contribution in [0.4, 0.5) is 0 Å². The second kappa shape index (κ2) is 12.1. The summed E-state index contributed by atoms with van der Waals surface area (Å²) in [5.74, 6) is 1.62. The molecular weight excluding hydrogens is 477 g/mol. The van der Waals surface area contributed by atoms with Crippen LogP contribution in [0.15, 0.2) is 78.0 Å². The molecule has 0 radical (unpaired) electrons. The lowest BCUT2D eigenvalue weighted by Crippen LogP contribution is -2.41. The van der Waals surface area contributed by atoms with Gasteiger partial charge in [-0.3, -0.25) is 9.67 Å². The van der Waals surface area contributed by atoms with Gasteiger partial charge in [0.1, 0.15) is 11.9 Å². The summed E-state index contributed by atoms with van der Waals surface area (Å²) in [6.07, 6.45) is 3.79. The number of hydrogen-bond acceptors (Lipinski definition) is 3. The smallest absolute Gasteiger partial charge is 0.191 e. The van der Waals surface area contributed by atoms with Gasteiger partial charge in [-0.05, 0) is 36.2 Å². The van der Waals surface area contributed by atoms with Gasteiger partial charge in [0.2, 0.25) is 0 Å². The number of nitrogens with zero attached hydrogens (tertiary/aromatic N) is 3. The molecule has 1 heterocycles. The van der Waals surface area contributed by atoms with E-state index in [1.165, 1.54) is 11.1 Å². The molecule has 0 aliphatic rings. The molecule has 0 saturated carbocycles. The Morgan fingerprint density at radius 3 is 2.45 bits per heavy atom. The Kier molecular flexibility index (Phi) is 9.49. The second-order valence-electron chi connectivity index (χ2n) is 6.52. The van der Waals surface area contributed by atoms with E-state index in [1.54, 1.807) is 13.2 Å². The highest BCUT2D eigenvalue weighted by Gasteiger charge is 2.07. The third kappa shape index (κ3) is 7.41. The fourth-order valence-corrected chi connectivity index (χ4v) is 2.87. The minimum Gasteiger partial charge on any atom is -0.489 e. The predicted octanol–water partition coefficient (Wildman–Crippen LogP) is 3.68. The van der Waals surface area contributed by atoms with Crippen molar-refractivity contribution < 1.29 is 4.74 Å². The quantitative estimate of drug-likeness (QED) is 0.279. The summed E-state index contributed by atoms with van der Waals surface area (Å²) in [5.41, 5.74) is 2.45. The highest BCUT2D eigenvalue weighted by molar-refractivity contribution is 14.0. The molecule has 0 amide bonds. The topological polar surface area (TPSA) is 63.5 Å². The molecule has 3 rings (SSSR count). The minimum atomic E-state index is 0. The van der Waals surface area contributed by atoms with Gasteiger partial charge in [-0.25, -0.2) is 0 Å². The van der Waals surface area contributed by atoms with E-state index in [0.717, 1.165) is 18.3 Å². The molecule has 1 atom stereocenters. The Labute approximate surface area is 189 Å². The standard InChI is InChI=1S/C22H27N5O.HI/c1-18(28-21-11-4-3-5-12-21)15-24-22(23-2)25-16-19-9-6-7-10-20(19)17-27-14-8-13-26-27;/h3-14,18H,15-17H2,1-2H3,(H2,23,24,25);1H. The highest BCUT2D eigenvalue weighted by Crippen LogP contribution is 2.11. The van der Waals surface area contributed by atoms with E-state index in [0.29, 0.717) is 13.1 Å². The molecule has 6 nitrogen and oxygen atoms in total. The Hall–Kier alpha value is -2.55. The van der Waals surface area contributed by atoms with Gasteiger partial charge in [-0.2, -0.15) is 5.10 Å². The van der Waals surface area contributed by atoms with Gasteiger partial charge in [0.25, 0.3) is 0 Å². The maximum Gasteiger partial charge on any atom is 0.191 e. The summed E-state index contributed by atoms with van der Waals surface area (Å²) in [4.78, 5) is 4.31. The summed E-state index contributed by atoms with van der Waals surface area (Å²) < 4.78 is 7.82. The van der Waals surface area contributed by atoms with E-state index in [2.05, 4.69) is 45.0 Å². The maximum absolute atomic E-state index is 5.89. The van der Waals surface area contributed by atoms with Crippen LogP contribution in [0.3, 0.4) is 0 Å². The van der Waals surface area contributed by atoms with Crippen molar-refractivity contribution in [3.05, 3.63) is 84.2 Å². The molecule has 29 heavy (non-hydrogen) atoms. The van der Waals surface area contributed by atoms with Gasteiger partial charge >= 0.3 is 0 Å². The normalized spacial score (nSPS) is 12.0. The van der Waals surface area contributed by atoms with Crippen LogP contribution in [0.5, 0.6) is 5.75 Å². The Morgan fingerprint density at radius 1 is 1.03 bits per heavy atom. The molecule has 154 valence electrons.